The number of likely N-dealkylation sites (tertiary alicyclic amines) is 1. The highest BCUT2D eigenvalue weighted by molar-refractivity contribution is 7.09. The van der Waals surface area contributed by atoms with Gasteiger partial charge in [-0.3, -0.25) is 9.59 Å². The van der Waals surface area contributed by atoms with Gasteiger partial charge in [-0.15, -0.1) is 11.3 Å². The van der Waals surface area contributed by atoms with Crippen LogP contribution in [0.15, 0.2) is 60.0 Å². The Bertz CT molecular complexity index is 1050. The predicted octanol–water partition coefficient (Wildman–Crippen LogP) is 4.52. The van der Waals surface area contributed by atoms with E-state index in [0.29, 0.717) is 31.0 Å². The molecule has 1 aliphatic rings. The molecule has 0 aliphatic carbocycles. The molecule has 0 radical (unpaired) electrons. The van der Waals surface area contributed by atoms with Crippen LogP contribution in [0.3, 0.4) is 0 Å². The van der Waals surface area contributed by atoms with Crippen LogP contribution < -0.4 is 10.1 Å². The third-order valence-corrected chi connectivity index (χ3v) is 6.08. The van der Waals surface area contributed by atoms with Crippen LogP contribution >= 0.6 is 11.3 Å². The molecule has 3 aromatic rings. The molecule has 6 nitrogen and oxygen atoms in total. The average Bonchev–Trinajstić information content (AvgIpc) is 3.23. The number of amides is 2. The van der Waals surface area contributed by atoms with E-state index in [4.69, 9.17) is 4.74 Å². The fourth-order valence-electron chi connectivity index (χ4n) is 3.67. The molecule has 1 unspecified atom stereocenters. The molecular weight excluding hydrogens is 410 g/mol. The predicted molar refractivity (Wildman–Crippen MR) is 121 cm³/mol. The normalized spacial score (nSPS) is 16.0. The second-order valence-electron chi connectivity index (χ2n) is 7.62. The number of benzene rings is 2. The topological polar surface area (TPSA) is 71.5 Å². The van der Waals surface area contributed by atoms with Crippen LogP contribution in [0.4, 0.5) is 5.69 Å². The van der Waals surface area contributed by atoms with E-state index in [2.05, 4.69) is 10.3 Å². The first-order valence-corrected chi connectivity index (χ1v) is 11.3. The lowest BCUT2D eigenvalue weighted by Gasteiger charge is -2.32. The second-order valence-corrected chi connectivity index (χ2v) is 8.68. The third-order valence-electron chi connectivity index (χ3n) is 5.25. The smallest absolute Gasteiger partial charge is 0.254 e. The molecule has 160 valence electrons. The van der Waals surface area contributed by atoms with Gasteiger partial charge in [0.2, 0.25) is 5.91 Å². The molecule has 7 heteroatoms. The highest BCUT2D eigenvalue weighted by Gasteiger charge is 2.29. The zero-order valence-electron chi connectivity index (χ0n) is 17.4. The molecule has 1 fully saturated rings. The zero-order chi connectivity index (χ0) is 21.6. The van der Waals surface area contributed by atoms with Gasteiger partial charge in [0.15, 0.2) is 0 Å². The summed E-state index contributed by atoms with van der Waals surface area (Å²) in [6, 6.07) is 16.6. The van der Waals surface area contributed by atoms with Gasteiger partial charge in [0, 0.05) is 29.7 Å². The monoisotopic (exact) mass is 435 g/mol. The Morgan fingerprint density at radius 1 is 1.19 bits per heavy atom. The van der Waals surface area contributed by atoms with Crippen molar-refractivity contribution in [2.75, 3.05) is 18.4 Å². The number of thiazole rings is 1. The quantitative estimate of drug-likeness (QED) is 0.618. The van der Waals surface area contributed by atoms with E-state index in [1.54, 1.807) is 28.4 Å². The molecule has 4 rings (SSSR count). The van der Waals surface area contributed by atoms with Crippen LogP contribution in [0, 0.1) is 12.8 Å². The summed E-state index contributed by atoms with van der Waals surface area (Å²) in [5.41, 5.74) is 2.22. The fraction of sp³-hybridized carbons (Fsp3) is 0.292. The Morgan fingerprint density at radius 2 is 2.03 bits per heavy atom. The van der Waals surface area contributed by atoms with Crippen molar-refractivity contribution in [3.05, 3.63) is 76.2 Å². The lowest BCUT2D eigenvalue weighted by Crippen LogP contribution is -2.43. The third kappa shape index (κ3) is 5.49. The molecular formula is C24H25N3O3S. The van der Waals surface area contributed by atoms with Crippen molar-refractivity contribution in [2.24, 2.45) is 5.92 Å². The number of aromatic nitrogens is 1. The van der Waals surface area contributed by atoms with Gasteiger partial charge in [0.1, 0.15) is 12.4 Å². The standard InChI is InChI=1S/C24H25N3O3S/c1-17-25-21(16-31-17)15-30-22-11-5-7-18(13-22)24(29)27-12-6-8-19(14-27)23(28)26-20-9-3-2-4-10-20/h2-5,7,9-11,13,16,19H,6,8,12,14-15H2,1H3,(H,26,28). The fourth-order valence-corrected chi connectivity index (χ4v) is 4.27. The first-order valence-electron chi connectivity index (χ1n) is 10.4. The van der Waals surface area contributed by atoms with Crippen molar-refractivity contribution in [1.29, 1.82) is 0 Å². The summed E-state index contributed by atoms with van der Waals surface area (Å²) in [5.74, 6) is 0.295. The maximum absolute atomic E-state index is 13.1. The molecule has 1 saturated heterocycles. The van der Waals surface area contributed by atoms with E-state index < -0.39 is 0 Å². The molecule has 1 aliphatic heterocycles. The molecule has 1 aromatic heterocycles. The Labute approximate surface area is 185 Å². The summed E-state index contributed by atoms with van der Waals surface area (Å²) in [6.07, 6.45) is 1.58. The zero-order valence-corrected chi connectivity index (χ0v) is 18.2. The number of rotatable bonds is 6. The maximum Gasteiger partial charge on any atom is 0.254 e. The number of carbonyl (C=O) groups is 2. The van der Waals surface area contributed by atoms with Gasteiger partial charge >= 0.3 is 0 Å². The lowest BCUT2D eigenvalue weighted by molar-refractivity contribution is -0.121. The molecule has 31 heavy (non-hydrogen) atoms. The summed E-state index contributed by atoms with van der Waals surface area (Å²) in [6.45, 7) is 3.39. The minimum absolute atomic E-state index is 0.0423. The minimum atomic E-state index is -0.217. The number of para-hydroxylation sites is 1. The number of hydrogen-bond donors (Lipinski definition) is 1. The summed E-state index contributed by atoms with van der Waals surface area (Å²) in [5, 5.41) is 5.92. The average molecular weight is 436 g/mol. The van der Waals surface area contributed by atoms with Crippen molar-refractivity contribution in [3.8, 4) is 5.75 Å². The van der Waals surface area contributed by atoms with Crippen LogP contribution in [-0.2, 0) is 11.4 Å². The van der Waals surface area contributed by atoms with Crippen LogP contribution in [0.1, 0.15) is 33.9 Å². The summed E-state index contributed by atoms with van der Waals surface area (Å²) in [4.78, 5) is 31.9. The molecule has 1 N–H and O–H groups in total. The highest BCUT2D eigenvalue weighted by atomic mass is 32.1. The van der Waals surface area contributed by atoms with Crippen molar-refractivity contribution in [3.63, 3.8) is 0 Å². The van der Waals surface area contributed by atoms with E-state index in [1.165, 1.54) is 0 Å². The molecule has 0 bridgehead atoms. The second kappa shape index (κ2) is 9.75. The Balaban J connectivity index is 1.37. The van der Waals surface area contributed by atoms with Crippen molar-refractivity contribution >= 4 is 28.8 Å². The van der Waals surface area contributed by atoms with Gasteiger partial charge in [-0.25, -0.2) is 4.98 Å². The van der Waals surface area contributed by atoms with Gasteiger partial charge in [0.05, 0.1) is 16.6 Å². The van der Waals surface area contributed by atoms with Gasteiger partial charge < -0.3 is 15.0 Å². The number of anilines is 1. The number of carbonyl (C=O) groups excluding carboxylic acids is 2. The van der Waals surface area contributed by atoms with Crippen LogP contribution in [-0.4, -0.2) is 34.8 Å². The molecule has 2 amide bonds. The maximum atomic E-state index is 13.1. The number of piperidine rings is 1. The van der Waals surface area contributed by atoms with E-state index >= 15 is 0 Å². The molecule has 0 saturated carbocycles. The van der Waals surface area contributed by atoms with E-state index in [9.17, 15) is 9.59 Å². The van der Waals surface area contributed by atoms with E-state index in [1.807, 2.05) is 54.8 Å². The largest absolute Gasteiger partial charge is 0.487 e. The number of aryl methyl sites for hydroxylation is 1. The molecule has 1 atom stereocenters. The lowest BCUT2D eigenvalue weighted by atomic mass is 9.96. The van der Waals surface area contributed by atoms with E-state index in [-0.39, 0.29) is 17.7 Å². The Kier molecular flexibility index (Phi) is 6.62. The summed E-state index contributed by atoms with van der Waals surface area (Å²) in [7, 11) is 0. The SMILES string of the molecule is Cc1nc(COc2cccc(C(=O)N3CCCC(C(=O)Nc4ccccc4)C3)c2)cs1. The molecule has 2 heterocycles. The Morgan fingerprint density at radius 3 is 2.81 bits per heavy atom. The summed E-state index contributed by atoms with van der Waals surface area (Å²) >= 11 is 1.58. The number of ether oxygens (including phenoxy) is 1. The highest BCUT2D eigenvalue weighted by Crippen LogP contribution is 2.22. The van der Waals surface area contributed by atoms with Crippen molar-refractivity contribution < 1.29 is 14.3 Å². The van der Waals surface area contributed by atoms with Crippen LogP contribution in [0.25, 0.3) is 0 Å². The first kappa shape index (κ1) is 21.1. The molecule has 0 spiro atoms. The van der Waals surface area contributed by atoms with Gasteiger partial charge in [-0.1, -0.05) is 24.3 Å². The van der Waals surface area contributed by atoms with Gasteiger partial charge in [-0.2, -0.15) is 0 Å². The van der Waals surface area contributed by atoms with Gasteiger partial charge in [0.25, 0.3) is 5.91 Å². The van der Waals surface area contributed by atoms with Gasteiger partial charge in [-0.05, 0) is 50.1 Å². The van der Waals surface area contributed by atoms with Crippen molar-refractivity contribution in [1.82, 2.24) is 9.88 Å². The number of hydrogen-bond acceptors (Lipinski definition) is 5. The number of nitrogens with one attached hydrogen (secondary N) is 1. The minimum Gasteiger partial charge on any atom is -0.487 e. The van der Waals surface area contributed by atoms with Crippen LogP contribution in [0.5, 0.6) is 5.75 Å². The van der Waals surface area contributed by atoms with Crippen LogP contribution in [0.2, 0.25) is 0 Å². The number of nitrogens with zero attached hydrogens (tertiary/aromatic N) is 2. The summed E-state index contributed by atoms with van der Waals surface area (Å²) < 4.78 is 5.82. The molecule has 2 aromatic carbocycles. The first-order chi connectivity index (χ1) is 15.1. The Hall–Kier alpha value is -3.19. The van der Waals surface area contributed by atoms with Crippen molar-refractivity contribution in [2.45, 2.75) is 26.4 Å². The van der Waals surface area contributed by atoms with E-state index in [0.717, 1.165) is 29.2 Å².